The largest absolute Gasteiger partial charge is 0.338 e. The highest BCUT2D eigenvalue weighted by molar-refractivity contribution is 5.85. The van der Waals surface area contributed by atoms with Gasteiger partial charge in [0, 0.05) is 25.0 Å². The summed E-state index contributed by atoms with van der Waals surface area (Å²) >= 11 is 0. The lowest BCUT2D eigenvalue weighted by Gasteiger charge is -2.27. The monoisotopic (exact) mass is 274 g/mol. The molecule has 18 heavy (non-hydrogen) atoms. The van der Waals surface area contributed by atoms with E-state index in [-0.39, 0.29) is 18.3 Å². The van der Waals surface area contributed by atoms with Crippen LogP contribution in [-0.4, -0.2) is 29.9 Å². The quantitative estimate of drug-likeness (QED) is 0.856. The second-order valence-electron chi connectivity index (χ2n) is 5.85. The summed E-state index contributed by atoms with van der Waals surface area (Å²) in [6.45, 7) is 3.66. The van der Waals surface area contributed by atoms with Gasteiger partial charge in [0.1, 0.15) is 0 Å². The van der Waals surface area contributed by atoms with Crippen molar-refractivity contribution in [1.82, 2.24) is 4.90 Å². The van der Waals surface area contributed by atoms with E-state index in [9.17, 15) is 4.79 Å². The van der Waals surface area contributed by atoms with Crippen LogP contribution in [0.4, 0.5) is 0 Å². The summed E-state index contributed by atoms with van der Waals surface area (Å²) in [7, 11) is 0. The Morgan fingerprint density at radius 3 is 2.56 bits per heavy atom. The number of hydrogen-bond acceptors (Lipinski definition) is 2. The molecule has 2 unspecified atom stereocenters. The normalized spacial score (nSPS) is 26.1. The number of rotatable bonds is 4. The number of carbonyl (C=O) groups is 1. The maximum atomic E-state index is 12.4. The van der Waals surface area contributed by atoms with Crippen LogP contribution in [0.2, 0.25) is 0 Å². The highest BCUT2D eigenvalue weighted by atomic mass is 35.5. The van der Waals surface area contributed by atoms with Gasteiger partial charge in [0.2, 0.25) is 5.91 Å². The van der Waals surface area contributed by atoms with Gasteiger partial charge in [-0.2, -0.15) is 0 Å². The van der Waals surface area contributed by atoms with E-state index in [2.05, 4.69) is 6.92 Å². The molecule has 0 aromatic heterocycles. The second-order valence-corrected chi connectivity index (χ2v) is 5.85. The van der Waals surface area contributed by atoms with Gasteiger partial charge in [-0.15, -0.1) is 12.4 Å². The van der Waals surface area contributed by atoms with Gasteiger partial charge in [-0.05, 0) is 25.2 Å². The van der Waals surface area contributed by atoms with Crippen molar-refractivity contribution in [1.29, 1.82) is 0 Å². The van der Waals surface area contributed by atoms with Gasteiger partial charge in [0.15, 0.2) is 0 Å². The lowest BCUT2D eigenvalue weighted by molar-refractivity contribution is -0.136. The van der Waals surface area contributed by atoms with Crippen molar-refractivity contribution in [3.05, 3.63) is 0 Å². The molecule has 2 rings (SSSR count). The fourth-order valence-corrected chi connectivity index (χ4v) is 3.50. The third kappa shape index (κ3) is 3.61. The van der Waals surface area contributed by atoms with Gasteiger partial charge in [-0.25, -0.2) is 0 Å². The molecule has 0 radical (unpaired) electrons. The first-order chi connectivity index (χ1) is 8.22. The minimum Gasteiger partial charge on any atom is -0.338 e. The van der Waals surface area contributed by atoms with Crippen molar-refractivity contribution in [2.24, 2.45) is 17.6 Å². The maximum absolute atomic E-state index is 12.4. The van der Waals surface area contributed by atoms with Crippen LogP contribution in [0.15, 0.2) is 0 Å². The third-order valence-corrected chi connectivity index (χ3v) is 4.52. The first-order valence-corrected chi connectivity index (χ1v) is 7.23. The Hall–Kier alpha value is -0.280. The fraction of sp³-hybridized carbons (Fsp3) is 0.929. The molecule has 1 heterocycles. The number of hydrogen-bond donors (Lipinski definition) is 1. The van der Waals surface area contributed by atoms with E-state index in [4.69, 9.17) is 5.73 Å². The first kappa shape index (κ1) is 15.8. The van der Waals surface area contributed by atoms with E-state index in [1.165, 1.54) is 25.7 Å². The summed E-state index contributed by atoms with van der Waals surface area (Å²) in [6.07, 6.45) is 8.70. The zero-order valence-electron chi connectivity index (χ0n) is 11.4. The number of nitrogens with zero attached hydrogens (tertiary/aromatic N) is 1. The summed E-state index contributed by atoms with van der Waals surface area (Å²) in [6, 6.07) is 0.313. The maximum Gasteiger partial charge on any atom is 0.225 e. The highest BCUT2D eigenvalue weighted by Gasteiger charge is 2.31. The molecular formula is C14H27ClN2O. The molecule has 1 amide bonds. The van der Waals surface area contributed by atoms with Crippen molar-refractivity contribution in [2.75, 3.05) is 13.1 Å². The van der Waals surface area contributed by atoms with Crippen molar-refractivity contribution < 1.29 is 4.79 Å². The molecule has 0 aromatic carbocycles. The van der Waals surface area contributed by atoms with Crippen molar-refractivity contribution >= 4 is 18.3 Å². The van der Waals surface area contributed by atoms with Gasteiger partial charge >= 0.3 is 0 Å². The Morgan fingerprint density at radius 1 is 1.28 bits per heavy atom. The van der Waals surface area contributed by atoms with Crippen LogP contribution in [0, 0.1) is 11.8 Å². The van der Waals surface area contributed by atoms with Crippen LogP contribution in [-0.2, 0) is 4.79 Å². The van der Waals surface area contributed by atoms with E-state index in [0.717, 1.165) is 31.7 Å². The molecule has 106 valence electrons. The lowest BCUT2D eigenvalue weighted by atomic mass is 9.93. The molecule has 0 aromatic rings. The number of halogens is 1. The SMILES string of the molecule is CC(CC1CCCC1)C(=O)N1CCCC1CN.Cl. The Balaban J connectivity index is 0.00000162. The third-order valence-electron chi connectivity index (χ3n) is 4.52. The minimum absolute atomic E-state index is 0. The number of likely N-dealkylation sites (tertiary alicyclic amines) is 1. The Labute approximate surface area is 117 Å². The molecular weight excluding hydrogens is 248 g/mol. The summed E-state index contributed by atoms with van der Waals surface area (Å²) in [5.41, 5.74) is 5.73. The average molecular weight is 275 g/mol. The highest BCUT2D eigenvalue weighted by Crippen LogP contribution is 2.31. The molecule has 0 bridgehead atoms. The zero-order valence-corrected chi connectivity index (χ0v) is 12.3. The van der Waals surface area contributed by atoms with Crippen LogP contribution in [0.1, 0.15) is 51.9 Å². The Morgan fingerprint density at radius 2 is 1.94 bits per heavy atom. The minimum atomic E-state index is 0. The molecule has 2 aliphatic rings. The van der Waals surface area contributed by atoms with Gasteiger partial charge in [-0.1, -0.05) is 32.6 Å². The number of carbonyl (C=O) groups excluding carboxylic acids is 1. The van der Waals surface area contributed by atoms with E-state index in [1.54, 1.807) is 0 Å². The molecule has 1 saturated carbocycles. The van der Waals surface area contributed by atoms with E-state index >= 15 is 0 Å². The smallest absolute Gasteiger partial charge is 0.225 e. The zero-order chi connectivity index (χ0) is 12.3. The van der Waals surface area contributed by atoms with Gasteiger partial charge in [0.25, 0.3) is 0 Å². The van der Waals surface area contributed by atoms with Gasteiger partial charge in [0.05, 0.1) is 0 Å². The molecule has 3 nitrogen and oxygen atoms in total. The summed E-state index contributed by atoms with van der Waals surface area (Å²) in [5.74, 6) is 1.35. The summed E-state index contributed by atoms with van der Waals surface area (Å²) in [5, 5.41) is 0. The Bertz CT molecular complexity index is 267. The average Bonchev–Trinajstić information content (AvgIpc) is 2.97. The molecule has 2 atom stereocenters. The fourth-order valence-electron chi connectivity index (χ4n) is 3.50. The predicted octanol–water partition coefficient (Wildman–Crippen LogP) is 2.57. The van der Waals surface area contributed by atoms with Crippen LogP contribution in [0.5, 0.6) is 0 Å². The first-order valence-electron chi connectivity index (χ1n) is 7.23. The molecule has 2 fully saturated rings. The van der Waals surface area contributed by atoms with Crippen LogP contribution < -0.4 is 5.73 Å². The standard InChI is InChI=1S/C14H26N2O.ClH/c1-11(9-12-5-2-3-6-12)14(17)16-8-4-7-13(16)10-15;/h11-13H,2-10,15H2,1H3;1H. The van der Waals surface area contributed by atoms with Crippen LogP contribution in [0.25, 0.3) is 0 Å². The molecule has 1 aliphatic heterocycles. The predicted molar refractivity (Wildman–Crippen MR) is 76.8 cm³/mol. The van der Waals surface area contributed by atoms with E-state index in [0.29, 0.717) is 18.5 Å². The van der Waals surface area contributed by atoms with Gasteiger partial charge in [-0.3, -0.25) is 4.79 Å². The Kier molecular flexibility index (Phi) is 6.44. The molecule has 2 N–H and O–H groups in total. The van der Waals surface area contributed by atoms with Crippen molar-refractivity contribution in [2.45, 2.75) is 57.9 Å². The molecule has 4 heteroatoms. The number of nitrogens with two attached hydrogens (primary N) is 1. The molecule has 0 spiro atoms. The van der Waals surface area contributed by atoms with Crippen molar-refractivity contribution in [3.63, 3.8) is 0 Å². The van der Waals surface area contributed by atoms with Gasteiger partial charge < -0.3 is 10.6 Å². The van der Waals surface area contributed by atoms with Crippen LogP contribution in [0.3, 0.4) is 0 Å². The van der Waals surface area contributed by atoms with Crippen molar-refractivity contribution in [3.8, 4) is 0 Å². The second kappa shape index (κ2) is 7.34. The van der Waals surface area contributed by atoms with E-state index < -0.39 is 0 Å². The number of amides is 1. The van der Waals surface area contributed by atoms with E-state index in [1.807, 2.05) is 4.90 Å². The summed E-state index contributed by atoms with van der Waals surface area (Å²) in [4.78, 5) is 14.4. The molecule has 1 saturated heterocycles. The topological polar surface area (TPSA) is 46.3 Å². The molecule has 1 aliphatic carbocycles. The summed E-state index contributed by atoms with van der Waals surface area (Å²) < 4.78 is 0. The lowest BCUT2D eigenvalue weighted by Crippen LogP contribution is -2.42. The van der Waals surface area contributed by atoms with Crippen LogP contribution >= 0.6 is 12.4 Å².